The number of aromatic nitrogens is 7. The summed E-state index contributed by atoms with van der Waals surface area (Å²) in [5.41, 5.74) is 2.69. The molecule has 1 aliphatic heterocycles. The summed E-state index contributed by atoms with van der Waals surface area (Å²) >= 11 is 0. The predicted octanol–water partition coefficient (Wildman–Crippen LogP) is 1.19. The van der Waals surface area contributed by atoms with E-state index in [1.54, 1.807) is 18.7 Å². The second-order valence-electron chi connectivity index (χ2n) is 6.50. The van der Waals surface area contributed by atoms with Crippen LogP contribution in [0.4, 0.5) is 11.6 Å². The molecule has 0 bridgehead atoms. The Kier molecular flexibility index (Phi) is 3.44. The molecule has 0 amide bonds. The fourth-order valence-electron chi connectivity index (χ4n) is 3.57. The van der Waals surface area contributed by atoms with Gasteiger partial charge in [-0.25, -0.2) is 9.97 Å². The van der Waals surface area contributed by atoms with E-state index in [4.69, 9.17) is 0 Å². The van der Waals surface area contributed by atoms with Crippen molar-refractivity contribution in [2.75, 3.05) is 36.0 Å². The molecule has 0 unspecified atom stereocenters. The number of fused-ring (bicyclic) bond motifs is 2. The number of aryl methyl sites for hydroxylation is 1. The van der Waals surface area contributed by atoms with Crippen LogP contribution in [0.25, 0.3) is 11.3 Å². The van der Waals surface area contributed by atoms with E-state index in [1.807, 2.05) is 28.1 Å². The Balaban J connectivity index is 1.45. The van der Waals surface area contributed by atoms with E-state index in [0.717, 1.165) is 61.2 Å². The van der Waals surface area contributed by atoms with Crippen LogP contribution < -0.4 is 9.80 Å². The first-order valence-corrected chi connectivity index (χ1v) is 8.75. The molecule has 26 heavy (non-hydrogen) atoms. The highest BCUT2D eigenvalue weighted by Crippen LogP contribution is 2.22. The number of hydrogen-bond donors (Lipinski definition) is 0. The first-order valence-electron chi connectivity index (χ1n) is 8.75. The van der Waals surface area contributed by atoms with Gasteiger partial charge in [0.05, 0.1) is 6.20 Å². The Morgan fingerprint density at radius 1 is 1.04 bits per heavy atom. The van der Waals surface area contributed by atoms with Crippen molar-refractivity contribution >= 4 is 22.9 Å². The summed E-state index contributed by atoms with van der Waals surface area (Å²) in [7, 11) is 0. The van der Waals surface area contributed by atoms with Gasteiger partial charge in [0.15, 0.2) is 11.5 Å². The smallest absolute Gasteiger partial charge is 0.203 e. The Morgan fingerprint density at radius 2 is 1.92 bits per heavy atom. The average molecular weight is 349 g/mol. The van der Waals surface area contributed by atoms with Crippen LogP contribution in [-0.2, 0) is 0 Å². The lowest BCUT2D eigenvalue weighted by atomic mass is 10.3. The van der Waals surface area contributed by atoms with Gasteiger partial charge in [-0.15, -0.1) is 10.2 Å². The molecule has 1 fully saturated rings. The molecule has 0 N–H and O–H groups in total. The van der Waals surface area contributed by atoms with E-state index >= 15 is 0 Å². The summed E-state index contributed by atoms with van der Waals surface area (Å²) in [6.07, 6.45) is 8.20. The lowest BCUT2D eigenvalue weighted by molar-refractivity contribution is 0.768. The Hall–Kier alpha value is -3.23. The molecule has 0 saturated carbocycles. The van der Waals surface area contributed by atoms with E-state index in [-0.39, 0.29) is 0 Å². The Labute approximate surface area is 149 Å². The Morgan fingerprint density at radius 3 is 2.88 bits per heavy atom. The topological polar surface area (TPSA) is 79.8 Å². The fraction of sp³-hybridized carbons (Fsp3) is 0.353. The van der Waals surface area contributed by atoms with Gasteiger partial charge in [0, 0.05) is 56.4 Å². The molecular formula is C17H19N9. The van der Waals surface area contributed by atoms with Crippen LogP contribution in [0.1, 0.15) is 12.1 Å². The van der Waals surface area contributed by atoms with Crippen LogP contribution in [-0.4, -0.2) is 60.4 Å². The third-order valence-corrected chi connectivity index (χ3v) is 4.79. The largest absolute Gasteiger partial charge is 0.355 e. The number of rotatable bonds is 2. The third kappa shape index (κ3) is 2.43. The van der Waals surface area contributed by atoms with Crippen molar-refractivity contribution in [2.24, 2.45) is 0 Å². The highest BCUT2D eigenvalue weighted by molar-refractivity contribution is 5.63. The SMILES string of the molecule is Cc1cc(N2CCCN(c3nccn4cnnc34)CC2)n2nccc2n1. The molecule has 132 valence electrons. The second kappa shape index (κ2) is 5.94. The maximum Gasteiger partial charge on any atom is 0.203 e. The first-order chi connectivity index (χ1) is 12.8. The number of nitrogens with zero attached hydrogens (tertiary/aromatic N) is 9. The summed E-state index contributed by atoms with van der Waals surface area (Å²) in [4.78, 5) is 13.8. The van der Waals surface area contributed by atoms with E-state index < -0.39 is 0 Å². The monoisotopic (exact) mass is 349 g/mol. The lowest BCUT2D eigenvalue weighted by Gasteiger charge is -2.24. The van der Waals surface area contributed by atoms with Gasteiger partial charge in [-0.05, 0) is 13.3 Å². The minimum Gasteiger partial charge on any atom is -0.355 e. The predicted molar refractivity (Wildman–Crippen MR) is 97.5 cm³/mol. The highest BCUT2D eigenvalue weighted by atomic mass is 15.4. The van der Waals surface area contributed by atoms with Crippen molar-refractivity contribution in [1.29, 1.82) is 0 Å². The molecular weight excluding hydrogens is 330 g/mol. The summed E-state index contributed by atoms with van der Waals surface area (Å²) < 4.78 is 3.82. The van der Waals surface area contributed by atoms with Crippen molar-refractivity contribution in [1.82, 2.24) is 34.2 Å². The summed E-state index contributed by atoms with van der Waals surface area (Å²) in [5, 5.41) is 12.7. The molecule has 0 spiro atoms. The first kappa shape index (κ1) is 15.1. The zero-order valence-corrected chi connectivity index (χ0v) is 14.5. The van der Waals surface area contributed by atoms with Crippen LogP contribution in [0, 0.1) is 6.92 Å². The summed E-state index contributed by atoms with van der Waals surface area (Å²) in [5.74, 6) is 1.98. The summed E-state index contributed by atoms with van der Waals surface area (Å²) in [6, 6.07) is 4.05. The van der Waals surface area contributed by atoms with Crippen molar-refractivity contribution in [3.63, 3.8) is 0 Å². The van der Waals surface area contributed by atoms with Crippen LogP contribution in [0.2, 0.25) is 0 Å². The van der Waals surface area contributed by atoms with Crippen molar-refractivity contribution in [3.05, 3.63) is 42.7 Å². The van der Waals surface area contributed by atoms with E-state index in [9.17, 15) is 0 Å². The zero-order valence-electron chi connectivity index (χ0n) is 14.5. The maximum absolute atomic E-state index is 4.55. The van der Waals surface area contributed by atoms with Gasteiger partial charge in [0.2, 0.25) is 5.65 Å². The van der Waals surface area contributed by atoms with Crippen LogP contribution in [0.5, 0.6) is 0 Å². The summed E-state index contributed by atoms with van der Waals surface area (Å²) in [6.45, 7) is 5.67. The van der Waals surface area contributed by atoms with E-state index in [0.29, 0.717) is 0 Å². The van der Waals surface area contributed by atoms with Gasteiger partial charge < -0.3 is 9.80 Å². The molecule has 5 rings (SSSR count). The molecule has 4 aromatic rings. The molecule has 4 aromatic heterocycles. The van der Waals surface area contributed by atoms with Gasteiger partial charge in [0.25, 0.3) is 0 Å². The van der Waals surface area contributed by atoms with Gasteiger partial charge >= 0.3 is 0 Å². The number of anilines is 2. The normalized spacial score (nSPS) is 15.7. The van der Waals surface area contributed by atoms with E-state index in [1.165, 1.54) is 0 Å². The van der Waals surface area contributed by atoms with Gasteiger partial charge in [-0.2, -0.15) is 9.61 Å². The van der Waals surface area contributed by atoms with Crippen molar-refractivity contribution in [3.8, 4) is 0 Å². The van der Waals surface area contributed by atoms with Crippen molar-refractivity contribution < 1.29 is 0 Å². The third-order valence-electron chi connectivity index (χ3n) is 4.79. The van der Waals surface area contributed by atoms with Gasteiger partial charge in [-0.1, -0.05) is 0 Å². The van der Waals surface area contributed by atoms with Crippen LogP contribution in [0.15, 0.2) is 37.1 Å². The molecule has 0 aromatic carbocycles. The lowest BCUT2D eigenvalue weighted by Crippen LogP contribution is -2.32. The van der Waals surface area contributed by atoms with Crippen LogP contribution >= 0.6 is 0 Å². The fourth-order valence-corrected chi connectivity index (χ4v) is 3.57. The molecule has 0 radical (unpaired) electrons. The standard InChI is InChI=1S/C17H19N9/c1-13-11-15(26-14(21-13)3-4-20-26)23-6-2-7-24(10-9-23)16-17-22-19-12-25(17)8-5-18-16/h3-5,8,11-12H,2,6-7,9-10H2,1H3. The Bertz CT molecular complexity index is 1070. The second-order valence-corrected chi connectivity index (χ2v) is 6.50. The quantitative estimate of drug-likeness (QED) is 0.538. The maximum atomic E-state index is 4.55. The molecule has 5 heterocycles. The van der Waals surface area contributed by atoms with Crippen LogP contribution in [0.3, 0.4) is 0 Å². The molecule has 9 nitrogen and oxygen atoms in total. The molecule has 0 aliphatic carbocycles. The minimum atomic E-state index is 0.801. The van der Waals surface area contributed by atoms with E-state index in [2.05, 4.69) is 41.1 Å². The molecule has 9 heteroatoms. The van der Waals surface area contributed by atoms with Gasteiger partial charge in [-0.3, -0.25) is 4.40 Å². The average Bonchev–Trinajstić information content (AvgIpc) is 3.24. The van der Waals surface area contributed by atoms with Crippen molar-refractivity contribution in [2.45, 2.75) is 13.3 Å². The zero-order chi connectivity index (χ0) is 17.5. The van der Waals surface area contributed by atoms with Gasteiger partial charge in [0.1, 0.15) is 12.1 Å². The minimum absolute atomic E-state index is 0.801. The highest BCUT2D eigenvalue weighted by Gasteiger charge is 2.21. The molecule has 0 atom stereocenters. The molecule has 1 aliphatic rings. The molecule has 1 saturated heterocycles. The number of hydrogen-bond acceptors (Lipinski definition) is 7.